The lowest BCUT2D eigenvalue weighted by Crippen LogP contribution is -2.26. The van der Waals surface area contributed by atoms with Crippen molar-refractivity contribution in [1.82, 2.24) is 4.98 Å². The number of para-hydroxylation sites is 1. The third-order valence-electron chi connectivity index (χ3n) is 5.12. The third kappa shape index (κ3) is 8.77. The number of aromatic nitrogens is 1. The van der Waals surface area contributed by atoms with Crippen LogP contribution in [-0.2, 0) is 0 Å². The fourth-order valence-corrected chi connectivity index (χ4v) is 3.37. The largest absolute Gasteiger partial charge is 0.478 e. The highest BCUT2D eigenvalue weighted by Crippen LogP contribution is 2.41. The van der Waals surface area contributed by atoms with Crippen molar-refractivity contribution in [3.63, 3.8) is 0 Å². The van der Waals surface area contributed by atoms with E-state index in [9.17, 15) is 9.90 Å². The van der Waals surface area contributed by atoms with Gasteiger partial charge in [0, 0.05) is 32.0 Å². The number of unbranched alkanes of at least 4 members (excludes halogenated alkanes) is 2. The van der Waals surface area contributed by atoms with Crippen molar-refractivity contribution < 1.29 is 14.6 Å². The van der Waals surface area contributed by atoms with Crippen molar-refractivity contribution in [2.24, 2.45) is 0 Å². The number of ether oxygens (including phenoxy) is 1. The van der Waals surface area contributed by atoms with Gasteiger partial charge in [-0.3, -0.25) is 4.98 Å². The van der Waals surface area contributed by atoms with Crippen LogP contribution in [-0.4, -0.2) is 35.7 Å². The first-order valence-corrected chi connectivity index (χ1v) is 12.1. The van der Waals surface area contributed by atoms with Crippen molar-refractivity contribution in [2.75, 3.05) is 29.9 Å². The van der Waals surface area contributed by atoms with Crippen LogP contribution in [0, 0.1) is 0 Å². The van der Waals surface area contributed by atoms with Gasteiger partial charge in [0.05, 0.1) is 16.9 Å². The number of aromatic carboxylic acids is 1. The Balaban J connectivity index is 0.000000589. The quantitative estimate of drug-likeness (QED) is 0.298. The van der Waals surface area contributed by atoms with Gasteiger partial charge < -0.3 is 20.1 Å². The number of carboxylic acids is 1. The van der Waals surface area contributed by atoms with Crippen molar-refractivity contribution in [2.45, 2.75) is 46.5 Å². The molecule has 0 spiro atoms. The van der Waals surface area contributed by atoms with E-state index in [0.717, 1.165) is 50.2 Å². The van der Waals surface area contributed by atoms with Crippen LogP contribution in [0.4, 0.5) is 11.4 Å². The molecule has 0 atom stereocenters. The van der Waals surface area contributed by atoms with Crippen LogP contribution in [0.15, 0.2) is 73.1 Å². The Morgan fingerprint density at radius 1 is 0.941 bits per heavy atom. The Kier molecular flexibility index (Phi) is 12.0. The number of pyridine rings is 1. The minimum Gasteiger partial charge on any atom is -0.478 e. The minimum absolute atomic E-state index is 0.268. The van der Waals surface area contributed by atoms with E-state index in [1.807, 2.05) is 55.5 Å². The van der Waals surface area contributed by atoms with Crippen LogP contribution in [0.2, 0.25) is 0 Å². The maximum absolute atomic E-state index is 11.7. The maximum atomic E-state index is 11.7. The van der Waals surface area contributed by atoms with Gasteiger partial charge in [-0.15, -0.1) is 0 Å². The SMILES string of the molecule is CCCCN(CCCC)c1cc(C(=O)O)cc(NCC)c1Oc1ccccc1.c1ccncc1. The summed E-state index contributed by atoms with van der Waals surface area (Å²) in [5.74, 6) is 0.486. The molecule has 1 heterocycles. The van der Waals surface area contributed by atoms with E-state index in [0.29, 0.717) is 18.0 Å². The summed E-state index contributed by atoms with van der Waals surface area (Å²) >= 11 is 0. The summed E-state index contributed by atoms with van der Waals surface area (Å²) in [6.07, 6.45) is 7.75. The predicted octanol–water partition coefficient (Wildman–Crippen LogP) is 7.10. The first kappa shape index (κ1) is 26.7. The van der Waals surface area contributed by atoms with Gasteiger partial charge in [0.1, 0.15) is 5.75 Å². The van der Waals surface area contributed by atoms with Gasteiger partial charge >= 0.3 is 5.97 Å². The van der Waals surface area contributed by atoms with E-state index in [1.165, 1.54) is 0 Å². The summed E-state index contributed by atoms with van der Waals surface area (Å²) < 4.78 is 6.27. The standard InChI is InChI=1S/C23H32N2O3.C5H5N/c1-4-7-14-25(15-8-5-2)21-17-18(23(26)27)16-20(24-6-3)22(21)28-19-12-10-9-11-13-19;1-2-4-6-5-3-1/h9-13,16-17,24H,4-8,14-15H2,1-3H3,(H,26,27);1-5H. The van der Waals surface area contributed by atoms with Crippen LogP contribution < -0.4 is 15.0 Å². The molecule has 2 N–H and O–H groups in total. The fourth-order valence-electron chi connectivity index (χ4n) is 3.37. The normalized spacial score (nSPS) is 10.1. The number of carbonyl (C=O) groups is 1. The molecule has 6 nitrogen and oxygen atoms in total. The Labute approximate surface area is 203 Å². The topological polar surface area (TPSA) is 74.7 Å². The Bertz CT molecular complexity index is 931. The number of hydrogen-bond acceptors (Lipinski definition) is 5. The lowest BCUT2D eigenvalue weighted by Gasteiger charge is -2.28. The van der Waals surface area contributed by atoms with Gasteiger partial charge in [-0.05, 0) is 56.2 Å². The highest BCUT2D eigenvalue weighted by atomic mass is 16.5. The average molecular weight is 464 g/mol. The molecule has 0 fully saturated rings. The maximum Gasteiger partial charge on any atom is 0.335 e. The molecule has 182 valence electrons. The van der Waals surface area contributed by atoms with E-state index in [1.54, 1.807) is 24.5 Å². The van der Waals surface area contributed by atoms with E-state index < -0.39 is 5.97 Å². The third-order valence-corrected chi connectivity index (χ3v) is 5.12. The number of nitrogens with one attached hydrogen (secondary N) is 1. The summed E-state index contributed by atoms with van der Waals surface area (Å²) in [6.45, 7) is 8.74. The first-order chi connectivity index (χ1) is 16.6. The summed E-state index contributed by atoms with van der Waals surface area (Å²) in [7, 11) is 0. The molecule has 0 unspecified atom stereocenters. The van der Waals surface area contributed by atoms with Crippen molar-refractivity contribution in [3.8, 4) is 11.5 Å². The molecule has 3 aromatic rings. The number of rotatable bonds is 12. The zero-order valence-corrected chi connectivity index (χ0v) is 20.5. The molecule has 3 rings (SSSR count). The van der Waals surface area contributed by atoms with Gasteiger partial charge in [0.15, 0.2) is 5.75 Å². The van der Waals surface area contributed by atoms with Gasteiger partial charge in [-0.25, -0.2) is 4.79 Å². The zero-order valence-electron chi connectivity index (χ0n) is 20.5. The molecule has 0 bridgehead atoms. The first-order valence-electron chi connectivity index (χ1n) is 12.1. The number of carboxylic acid groups (broad SMARTS) is 1. The lowest BCUT2D eigenvalue weighted by molar-refractivity contribution is 0.0697. The molecule has 0 aliphatic carbocycles. The molecule has 0 saturated heterocycles. The van der Waals surface area contributed by atoms with E-state index in [4.69, 9.17) is 4.74 Å². The summed E-state index contributed by atoms with van der Waals surface area (Å²) in [5.41, 5.74) is 1.81. The van der Waals surface area contributed by atoms with E-state index in [2.05, 4.69) is 29.0 Å². The minimum atomic E-state index is -0.933. The van der Waals surface area contributed by atoms with E-state index in [-0.39, 0.29) is 5.56 Å². The van der Waals surface area contributed by atoms with Crippen LogP contribution in [0.3, 0.4) is 0 Å². The highest BCUT2D eigenvalue weighted by molar-refractivity contribution is 5.92. The summed E-state index contributed by atoms with van der Waals surface area (Å²) in [4.78, 5) is 17.8. The van der Waals surface area contributed by atoms with Gasteiger partial charge in [0.2, 0.25) is 0 Å². The van der Waals surface area contributed by atoms with Gasteiger partial charge in [-0.1, -0.05) is 51.0 Å². The van der Waals surface area contributed by atoms with Gasteiger partial charge in [0.25, 0.3) is 0 Å². The molecule has 6 heteroatoms. The van der Waals surface area contributed by atoms with E-state index >= 15 is 0 Å². The molecule has 2 aromatic carbocycles. The monoisotopic (exact) mass is 463 g/mol. The van der Waals surface area contributed by atoms with Crippen LogP contribution in [0.1, 0.15) is 56.8 Å². The summed E-state index contributed by atoms with van der Waals surface area (Å²) in [5, 5.41) is 12.9. The Hall–Kier alpha value is -3.54. The van der Waals surface area contributed by atoms with Crippen LogP contribution in [0.25, 0.3) is 0 Å². The highest BCUT2D eigenvalue weighted by Gasteiger charge is 2.20. The molecule has 34 heavy (non-hydrogen) atoms. The van der Waals surface area contributed by atoms with Crippen molar-refractivity contribution >= 4 is 17.3 Å². The smallest absolute Gasteiger partial charge is 0.335 e. The van der Waals surface area contributed by atoms with Crippen LogP contribution >= 0.6 is 0 Å². The summed E-state index contributed by atoms with van der Waals surface area (Å²) in [6, 6.07) is 18.7. The second-order valence-corrected chi connectivity index (χ2v) is 7.84. The molecule has 0 radical (unpaired) electrons. The molecule has 1 aromatic heterocycles. The number of benzene rings is 2. The molecule has 0 aliphatic rings. The molecular formula is C28H37N3O3. The average Bonchev–Trinajstić information content (AvgIpc) is 2.87. The predicted molar refractivity (Wildman–Crippen MR) is 140 cm³/mol. The number of hydrogen-bond donors (Lipinski definition) is 2. The van der Waals surface area contributed by atoms with Crippen molar-refractivity contribution in [1.29, 1.82) is 0 Å². The Morgan fingerprint density at radius 3 is 2.03 bits per heavy atom. The van der Waals surface area contributed by atoms with Crippen molar-refractivity contribution in [3.05, 3.63) is 78.6 Å². The molecular weight excluding hydrogens is 426 g/mol. The molecule has 0 amide bonds. The van der Waals surface area contributed by atoms with Crippen LogP contribution in [0.5, 0.6) is 11.5 Å². The Morgan fingerprint density at radius 2 is 1.56 bits per heavy atom. The fraction of sp³-hybridized carbons (Fsp3) is 0.357. The second-order valence-electron chi connectivity index (χ2n) is 7.84. The zero-order chi connectivity index (χ0) is 24.6. The molecule has 0 saturated carbocycles. The second kappa shape index (κ2) is 15.3. The lowest BCUT2D eigenvalue weighted by atomic mass is 10.1. The number of nitrogens with zero attached hydrogens (tertiary/aromatic N) is 2. The molecule has 0 aliphatic heterocycles. The van der Waals surface area contributed by atoms with Gasteiger partial charge in [-0.2, -0.15) is 0 Å². The number of anilines is 2.